The Morgan fingerprint density at radius 2 is 1.71 bits per heavy atom. The predicted molar refractivity (Wildman–Crippen MR) is 44.3 cm³/mol. The van der Waals surface area contributed by atoms with Crippen LogP contribution >= 0.6 is 0 Å². The van der Waals surface area contributed by atoms with Gasteiger partial charge in [-0.3, -0.25) is 0 Å². The molecule has 0 aliphatic heterocycles. The van der Waals surface area contributed by atoms with Crippen LogP contribution in [0.5, 0.6) is 5.75 Å². The van der Waals surface area contributed by atoms with Gasteiger partial charge in [-0.25, -0.2) is 22.3 Å². The van der Waals surface area contributed by atoms with E-state index in [0.29, 0.717) is 12.1 Å². The topological polar surface area (TPSA) is 69.4 Å². The molecule has 0 aliphatic rings. The van der Waals surface area contributed by atoms with Gasteiger partial charge in [-0.1, -0.05) is 0 Å². The van der Waals surface area contributed by atoms with Gasteiger partial charge in [0.25, 0.3) is 0 Å². The van der Waals surface area contributed by atoms with Gasteiger partial charge in [-0.05, 0) is 12.1 Å². The van der Waals surface area contributed by atoms with E-state index in [1.165, 1.54) is 0 Å². The van der Waals surface area contributed by atoms with E-state index >= 15 is 0 Å². The van der Waals surface area contributed by atoms with Gasteiger partial charge in [0.2, 0.25) is 10.0 Å². The Hall–Kier alpha value is -1.21. The second kappa shape index (κ2) is 3.50. The lowest BCUT2D eigenvalue weighted by Crippen LogP contribution is -2.13. The Morgan fingerprint density at radius 1 is 1.29 bits per heavy atom. The van der Waals surface area contributed by atoms with Crippen LogP contribution in [-0.4, -0.2) is 15.5 Å². The van der Waals surface area contributed by atoms with Gasteiger partial charge < -0.3 is 4.74 Å². The minimum absolute atomic E-state index is 0.594. The van der Waals surface area contributed by atoms with Crippen LogP contribution in [0.2, 0.25) is 0 Å². The summed E-state index contributed by atoms with van der Waals surface area (Å²) < 4.78 is 51.8. The first-order chi connectivity index (χ1) is 6.36. The van der Waals surface area contributed by atoms with Crippen LogP contribution in [-0.2, 0) is 10.0 Å². The highest BCUT2D eigenvalue weighted by Gasteiger charge is 2.16. The van der Waals surface area contributed by atoms with Crippen molar-refractivity contribution in [2.75, 3.05) is 7.11 Å². The molecule has 7 heteroatoms. The van der Waals surface area contributed by atoms with Gasteiger partial charge in [0, 0.05) is 0 Å². The van der Waals surface area contributed by atoms with Crippen molar-refractivity contribution in [1.29, 1.82) is 0 Å². The Kier molecular flexibility index (Phi) is 2.72. The molecule has 14 heavy (non-hydrogen) atoms. The molecule has 1 aromatic carbocycles. The monoisotopic (exact) mass is 223 g/mol. The maximum absolute atomic E-state index is 13.0. The Morgan fingerprint density at radius 3 is 2.00 bits per heavy atom. The highest BCUT2D eigenvalue weighted by atomic mass is 32.2. The summed E-state index contributed by atoms with van der Waals surface area (Å²) in [7, 11) is -3.04. The lowest BCUT2D eigenvalue weighted by Gasteiger charge is -2.04. The van der Waals surface area contributed by atoms with Gasteiger partial charge in [-0.15, -0.1) is 0 Å². The molecule has 0 bridgehead atoms. The largest absolute Gasteiger partial charge is 0.491 e. The summed E-state index contributed by atoms with van der Waals surface area (Å²) in [5, 5.41) is 4.68. The summed E-state index contributed by atoms with van der Waals surface area (Å²) in [6.45, 7) is 0. The lowest BCUT2D eigenvalue weighted by molar-refractivity contribution is 0.358. The van der Waals surface area contributed by atoms with Crippen molar-refractivity contribution in [3.05, 3.63) is 23.8 Å². The molecule has 1 aromatic rings. The van der Waals surface area contributed by atoms with E-state index in [-0.39, 0.29) is 0 Å². The Labute approximate surface area is 79.3 Å². The summed E-state index contributed by atoms with van der Waals surface area (Å²) in [5.41, 5.74) is 0. The van der Waals surface area contributed by atoms with Gasteiger partial charge >= 0.3 is 0 Å². The standard InChI is InChI=1S/C7H7F2NO3S/c1-13-7-5(8)2-4(3-6(7)9)14(10,11)12/h2-3H,1H3,(H2,10,11,12). The Balaban J connectivity index is 3.43. The first kappa shape index (κ1) is 10.9. The summed E-state index contributed by atoms with van der Waals surface area (Å²) in [6.07, 6.45) is 0. The number of methoxy groups -OCH3 is 1. The SMILES string of the molecule is COc1c(F)cc(S(N)(=O)=O)cc1F. The molecule has 78 valence electrons. The fourth-order valence-corrected chi connectivity index (χ4v) is 1.43. The molecule has 0 unspecified atom stereocenters. The number of benzene rings is 1. The molecule has 0 atom stereocenters. The van der Waals surface area contributed by atoms with E-state index in [2.05, 4.69) is 9.88 Å². The number of halogens is 2. The van der Waals surface area contributed by atoms with E-state index in [0.717, 1.165) is 7.11 Å². The number of primary sulfonamides is 1. The second-order valence-electron chi connectivity index (χ2n) is 2.47. The van der Waals surface area contributed by atoms with E-state index in [1.807, 2.05) is 0 Å². The zero-order valence-electron chi connectivity index (χ0n) is 7.12. The fraction of sp³-hybridized carbons (Fsp3) is 0.143. The van der Waals surface area contributed by atoms with Crippen LogP contribution in [0.4, 0.5) is 8.78 Å². The molecule has 1 rings (SSSR count). The van der Waals surface area contributed by atoms with Gasteiger partial charge in [0.15, 0.2) is 17.4 Å². The van der Waals surface area contributed by atoms with Crippen molar-refractivity contribution in [2.45, 2.75) is 4.90 Å². The van der Waals surface area contributed by atoms with Crippen LogP contribution in [0.15, 0.2) is 17.0 Å². The van der Waals surface area contributed by atoms with E-state index < -0.39 is 32.3 Å². The minimum atomic E-state index is -4.11. The van der Waals surface area contributed by atoms with Crippen LogP contribution in [0, 0.1) is 11.6 Å². The number of ether oxygens (including phenoxy) is 1. The Bertz CT molecular complexity index is 435. The summed E-state index contributed by atoms with van der Waals surface area (Å²) in [5.74, 6) is -2.87. The zero-order valence-corrected chi connectivity index (χ0v) is 7.94. The first-order valence-electron chi connectivity index (χ1n) is 3.42. The van der Waals surface area contributed by atoms with Gasteiger partial charge in [-0.2, -0.15) is 0 Å². The molecular formula is C7H7F2NO3S. The number of rotatable bonds is 2. The van der Waals surface area contributed by atoms with Crippen molar-refractivity contribution in [3.8, 4) is 5.75 Å². The van der Waals surface area contributed by atoms with Gasteiger partial charge in [0.05, 0.1) is 12.0 Å². The van der Waals surface area contributed by atoms with Crippen molar-refractivity contribution in [3.63, 3.8) is 0 Å². The molecule has 0 aliphatic carbocycles. The fourth-order valence-electron chi connectivity index (χ4n) is 0.896. The highest BCUT2D eigenvalue weighted by Crippen LogP contribution is 2.24. The number of hydrogen-bond acceptors (Lipinski definition) is 3. The van der Waals surface area contributed by atoms with E-state index in [4.69, 9.17) is 0 Å². The molecule has 0 saturated heterocycles. The van der Waals surface area contributed by atoms with Crippen molar-refractivity contribution < 1.29 is 21.9 Å². The van der Waals surface area contributed by atoms with Crippen LogP contribution in [0.3, 0.4) is 0 Å². The number of hydrogen-bond donors (Lipinski definition) is 1. The molecule has 0 spiro atoms. The molecule has 0 heterocycles. The summed E-state index contributed by atoms with van der Waals surface area (Å²) >= 11 is 0. The molecular weight excluding hydrogens is 216 g/mol. The number of sulfonamides is 1. The molecule has 0 saturated carbocycles. The molecule has 4 nitrogen and oxygen atoms in total. The highest BCUT2D eigenvalue weighted by molar-refractivity contribution is 7.89. The van der Waals surface area contributed by atoms with Gasteiger partial charge in [0.1, 0.15) is 0 Å². The lowest BCUT2D eigenvalue weighted by atomic mass is 10.3. The third kappa shape index (κ3) is 1.99. The number of nitrogens with two attached hydrogens (primary N) is 1. The molecule has 0 fully saturated rings. The van der Waals surface area contributed by atoms with Crippen molar-refractivity contribution in [2.24, 2.45) is 5.14 Å². The third-order valence-corrected chi connectivity index (χ3v) is 2.40. The van der Waals surface area contributed by atoms with Crippen LogP contribution in [0.25, 0.3) is 0 Å². The van der Waals surface area contributed by atoms with Crippen molar-refractivity contribution >= 4 is 10.0 Å². The van der Waals surface area contributed by atoms with E-state index in [9.17, 15) is 17.2 Å². The average molecular weight is 223 g/mol. The van der Waals surface area contributed by atoms with Crippen molar-refractivity contribution in [1.82, 2.24) is 0 Å². The quantitative estimate of drug-likeness (QED) is 0.799. The maximum atomic E-state index is 13.0. The average Bonchev–Trinajstić information content (AvgIpc) is 2.01. The predicted octanol–water partition coefficient (Wildman–Crippen LogP) is 0.621. The minimum Gasteiger partial charge on any atom is -0.491 e. The zero-order chi connectivity index (χ0) is 10.9. The van der Waals surface area contributed by atoms with E-state index in [1.54, 1.807) is 0 Å². The molecule has 2 N–H and O–H groups in total. The molecule has 0 radical (unpaired) electrons. The summed E-state index contributed by atoms with van der Waals surface area (Å²) in [6, 6.07) is 1.19. The molecule has 0 aromatic heterocycles. The summed E-state index contributed by atoms with van der Waals surface area (Å²) in [4.78, 5) is -0.631. The smallest absolute Gasteiger partial charge is 0.238 e. The maximum Gasteiger partial charge on any atom is 0.238 e. The van der Waals surface area contributed by atoms with Crippen LogP contribution < -0.4 is 9.88 Å². The molecule has 0 amide bonds. The van der Waals surface area contributed by atoms with Crippen LogP contribution in [0.1, 0.15) is 0 Å². The second-order valence-corrected chi connectivity index (χ2v) is 4.03. The first-order valence-corrected chi connectivity index (χ1v) is 4.96. The normalized spacial score (nSPS) is 11.4. The third-order valence-electron chi connectivity index (χ3n) is 1.50.